The summed E-state index contributed by atoms with van der Waals surface area (Å²) in [7, 11) is 0. The molecule has 4 rings (SSSR count). The van der Waals surface area contributed by atoms with Crippen molar-refractivity contribution in [1.29, 1.82) is 5.26 Å². The molecule has 4 aliphatic carbocycles. The molecule has 0 heterocycles. The number of rotatable bonds is 0. The smallest absolute Gasteiger partial charge is 0.0690 e. The third-order valence-electron chi connectivity index (χ3n) is 4.59. The van der Waals surface area contributed by atoms with E-state index in [1.165, 1.54) is 38.5 Å². The summed E-state index contributed by atoms with van der Waals surface area (Å²) < 4.78 is 0. The zero-order chi connectivity index (χ0) is 9.10. The summed E-state index contributed by atoms with van der Waals surface area (Å²) >= 11 is 0. The van der Waals surface area contributed by atoms with Gasteiger partial charge in [0, 0.05) is 0 Å². The molecular formula is C12H17N. The average molecular weight is 175 g/mol. The fraction of sp³-hybridized carbons (Fsp3) is 0.917. The molecule has 1 nitrogen and oxygen atoms in total. The van der Waals surface area contributed by atoms with E-state index in [-0.39, 0.29) is 5.41 Å². The van der Waals surface area contributed by atoms with Crippen molar-refractivity contribution in [3.05, 3.63) is 0 Å². The normalized spacial score (nSPS) is 57.8. The molecule has 0 saturated heterocycles. The molecule has 4 aliphatic rings. The Bertz CT molecular complexity index is 272. The third-order valence-corrected chi connectivity index (χ3v) is 4.59. The minimum atomic E-state index is 0.110. The highest BCUT2D eigenvalue weighted by atomic mass is 14.6. The Morgan fingerprint density at radius 1 is 1.15 bits per heavy atom. The molecule has 1 heteroatoms. The topological polar surface area (TPSA) is 23.8 Å². The van der Waals surface area contributed by atoms with Crippen LogP contribution in [0.4, 0.5) is 0 Å². The molecule has 4 fully saturated rings. The van der Waals surface area contributed by atoms with Crippen LogP contribution in [0.15, 0.2) is 0 Å². The Morgan fingerprint density at radius 3 is 2.23 bits per heavy atom. The third kappa shape index (κ3) is 0.980. The zero-order valence-corrected chi connectivity index (χ0v) is 8.34. The van der Waals surface area contributed by atoms with Crippen LogP contribution in [0.3, 0.4) is 0 Å². The minimum absolute atomic E-state index is 0.110. The Kier molecular flexibility index (Phi) is 1.27. The second kappa shape index (κ2) is 2.11. The van der Waals surface area contributed by atoms with Gasteiger partial charge in [-0.25, -0.2) is 0 Å². The van der Waals surface area contributed by atoms with E-state index in [1.54, 1.807) is 0 Å². The van der Waals surface area contributed by atoms with E-state index < -0.39 is 0 Å². The number of nitrogens with zero attached hydrogens (tertiary/aromatic N) is 1. The summed E-state index contributed by atoms with van der Waals surface area (Å²) in [6, 6.07) is 2.63. The van der Waals surface area contributed by atoms with Crippen LogP contribution in [0.25, 0.3) is 0 Å². The Balaban J connectivity index is 2.01. The van der Waals surface area contributed by atoms with Crippen LogP contribution in [0.2, 0.25) is 0 Å². The van der Waals surface area contributed by atoms with Gasteiger partial charge in [-0.1, -0.05) is 6.92 Å². The first kappa shape index (κ1) is 7.85. The largest absolute Gasteiger partial charge is 0.198 e. The van der Waals surface area contributed by atoms with Gasteiger partial charge in [-0.3, -0.25) is 0 Å². The van der Waals surface area contributed by atoms with E-state index >= 15 is 0 Å². The Labute approximate surface area is 80.1 Å². The van der Waals surface area contributed by atoms with Crippen LogP contribution < -0.4 is 0 Å². The van der Waals surface area contributed by atoms with Gasteiger partial charge in [-0.2, -0.15) is 5.26 Å². The van der Waals surface area contributed by atoms with Gasteiger partial charge in [0.25, 0.3) is 0 Å². The van der Waals surface area contributed by atoms with Crippen molar-refractivity contribution in [3.63, 3.8) is 0 Å². The molecule has 4 bridgehead atoms. The van der Waals surface area contributed by atoms with Gasteiger partial charge < -0.3 is 0 Å². The van der Waals surface area contributed by atoms with Crippen molar-refractivity contribution in [1.82, 2.24) is 0 Å². The van der Waals surface area contributed by atoms with E-state index in [0.29, 0.717) is 5.41 Å². The van der Waals surface area contributed by atoms with Crippen LogP contribution in [0.5, 0.6) is 0 Å². The number of hydrogen-bond donors (Lipinski definition) is 0. The summed E-state index contributed by atoms with van der Waals surface area (Å²) in [5.41, 5.74) is 0.651. The molecule has 0 aromatic heterocycles. The lowest BCUT2D eigenvalue weighted by Gasteiger charge is -2.58. The van der Waals surface area contributed by atoms with Gasteiger partial charge in [0.1, 0.15) is 0 Å². The van der Waals surface area contributed by atoms with Crippen LogP contribution in [0.1, 0.15) is 45.4 Å². The lowest BCUT2D eigenvalue weighted by molar-refractivity contribution is -0.0738. The molecule has 0 spiro atoms. The molecular weight excluding hydrogens is 158 g/mol. The fourth-order valence-corrected chi connectivity index (χ4v) is 4.85. The van der Waals surface area contributed by atoms with Gasteiger partial charge in [-0.15, -0.1) is 0 Å². The lowest BCUT2D eigenvalue weighted by atomic mass is 9.45. The molecule has 0 aromatic carbocycles. The lowest BCUT2D eigenvalue weighted by Crippen LogP contribution is -2.50. The zero-order valence-electron chi connectivity index (χ0n) is 8.34. The van der Waals surface area contributed by atoms with Crippen LogP contribution in [-0.2, 0) is 0 Å². The summed E-state index contributed by atoms with van der Waals surface area (Å²) in [5, 5.41) is 9.30. The molecule has 13 heavy (non-hydrogen) atoms. The Morgan fingerprint density at radius 2 is 1.77 bits per heavy atom. The average Bonchev–Trinajstić information content (AvgIpc) is 1.99. The van der Waals surface area contributed by atoms with Crippen molar-refractivity contribution in [3.8, 4) is 6.07 Å². The predicted molar refractivity (Wildman–Crippen MR) is 50.8 cm³/mol. The maximum absolute atomic E-state index is 9.30. The van der Waals surface area contributed by atoms with Gasteiger partial charge in [0.15, 0.2) is 0 Å². The first-order valence-corrected chi connectivity index (χ1v) is 5.54. The first-order valence-electron chi connectivity index (χ1n) is 5.54. The van der Waals surface area contributed by atoms with E-state index in [2.05, 4.69) is 13.0 Å². The highest BCUT2D eigenvalue weighted by Crippen LogP contribution is 2.64. The number of nitriles is 1. The van der Waals surface area contributed by atoms with Gasteiger partial charge >= 0.3 is 0 Å². The molecule has 0 radical (unpaired) electrons. The van der Waals surface area contributed by atoms with Crippen molar-refractivity contribution >= 4 is 0 Å². The molecule has 0 unspecified atom stereocenters. The molecule has 0 amide bonds. The second-order valence-electron chi connectivity index (χ2n) is 6.16. The number of hydrogen-bond acceptors (Lipinski definition) is 1. The highest BCUT2D eigenvalue weighted by molar-refractivity contribution is 5.14. The summed E-state index contributed by atoms with van der Waals surface area (Å²) in [5.74, 6) is 1.79. The molecule has 0 aromatic rings. The predicted octanol–water partition coefficient (Wildman–Crippen LogP) is 3.12. The minimum Gasteiger partial charge on any atom is -0.198 e. The maximum Gasteiger partial charge on any atom is 0.0690 e. The maximum atomic E-state index is 9.30. The quantitative estimate of drug-likeness (QED) is 0.555. The van der Waals surface area contributed by atoms with Crippen molar-refractivity contribution in [2.45, 2.75) is 45.4 Å². The first-order chi connectivity index (χ1) is 6.13. The van der Waals surface area contributed by atoms with Crippen LogP contribution in [-0.4, -0.2) is 0 Å². The van der Waals surface area contributed by atoms with E-state index in [0.717, 1.165) is 11.8 Å². The molecule has 2 atom stereocenters. The van der Waals surface area contributed by atoms with E-state index in [9.17, 15) is 5.26 Å². The van der Waals surface area contributed by atoms with Crippen LogP contribution in [0, 0.1) is 34.0 Å². The summed E-state index contributed by atoms with van der Waals surface area (Å²) in [6.07, 6.45) is 7.88. The Hall–Kier alpha value is -0.510. The molecule has 4 saturated carbocycles. The van der Waals surface area contributed by atoms with E-state index in [1.807, 2.05) is 0 Å². The standard InChI is InChI=1S/C12H17N/c1-11-3-9-2-10(4-11)6-12(5-9,7-11)8-13/h9-10H,2-7H2,1H3/t9-,10-,11?,12?/m0/s1. The highest BCUT2D eigenvalue weighted by Gasteiger charge is 2.55. The van der Waals surface area contributed by atoms with Gasteiger partial charge in [0.2, 0.25) is 0 Å². The second-order valence-corrected chi connectivity index (χ2v) is 6.16. The molecule has 0 aliphatic heterocycles. The van der Waals surface area contributed by atoms with Gasteiger partial charge in [-0.05, 0) is 55.8 Å². The van der Waals surface area contributed by atoms with Crippen molar-refractivity contribution < 1.29 is 0 Å². The molecule has 0 N–H and O–H groups in total. The summed E-state index contributed by atoms with van der Waals surface area (Å²) in [6.45, 7) is 2.41. The monoisotopic (exact) mass is 175 g/mol. The molecule has 70 valence electrons. The van der Waals surface area contributed by atoms with Gasteiger partial charge in [0.05, 0.1) is 11.5 Å². The van der Waals surface area contributed by atoms with Crippen molar-refractivity contribution in [2.24, 2.45) is 22.7 Å². The fourth-order valence-electron chi connectivity index (χ4n) is 4.85. The SMILES string of the molecule is CC12C[C@@H]3C[C@@H](C1)CC(C#N)(C3)C2. The summed E-state index contributed by atoms with van der Waals surface area (Å²) in [4.78, 5) is 0. The van der Waals surface area contributed by atoms with Crippen LogP contribution >= 0.6 is 0 Å². The van der Waals surface area contributed by atoms with Crippen molar-refractivity contribution in [2.75, 3.05) is 0 Å². The van der Waals surface area contributed by atoms with E-state index in [4.69, 9.17) is 0 Å².